The van der Waals surface area contributed by atoms with Crippen molar-refractivity contribution < 1.29 is 19.2 Å². The van der Waals surface area contributed by atoms with Gasteiger partial charge < -0.3 is 20.3 Å². The maximum absolute atomic E-state index is 11.9. The molecular weight excluding hydrogens is 294 g/mol. The molecule has 1 heterocycles. The summed E-state index contributed by atoms with van der Waals surface area (Å²) in [6.45, 7) is 4.70. The van der Waals surface area contributed by atoms with Crippen LogP contribution in [0.5, 0.6) is 0 Å². The number of urea groups is 1. The molecule has 2 amide bonds. The van der Waals surface area contributed by atoms with Gasteiger partial charge in [0.25, 0.3) is 0 Å². The highest BCUT2D eigenvalue weighted by Crippen LogP contribution is 2.02. The zero-order valence-corrected chi connectivity index (χ0v) is 13.8. The molecule has 0 radical (unpaired) electrons. The van der Waals surface area contributed by atoms with Crippen LogP contribution in [0.25, 0.3) is 0 Å². The Morgan fingerprint density at radius 2 is 1.91 bits per heavy atom. The molecular formula is C17H26N3O3+. The smallest absolute Gasteiger partial charge is 0.328 e. The number of hydrogen-bond acceptors (Lipinski definition) is 3. The lowest BCUT2D eigenvalue weighted by molar-refractivity contribution is -0.918. The van der Waals surface area contributed by atoms with Gasteiger partial charge in [0.05, 0.1) is 20.2 Å². The van der Waals surface area contributed by atoms with E-state index in [4.69, 9.17) is 0 Å². The second kappa shape index (κ2) is 8.53. The normalized spacial score (nSPS) is 22.0. The number of rotatable bonds is 5. The van der Waals surface area contributed by atoms with Crippen LogP contribution in [-0.4, -0.2) is 44.3 Å². The van der Waals surface area contributed by atoms with Crippen LogP contribution in [-0.2, 0) is 16.1 Å². The number of carbonyl (C=O) groups is 2. The predicted molar refractivity (Wildman–Crippen MR) is 87.0 cm³/mol. The van der Waals surface area contributed by atoms with Crippen LogP contribution in [0.2, 0.25) is 0 Å². The van der Waals surface area contributed by atoms with Crippen molar-refractivity contribution >= 4 is 12.0 Å². The first kappa shape index (κ1) is 17.3. The molecule has 0 spiro atoms. The molecule has 0 aliphatic carbocycles. The molecule has 2 rings (SSSR count). The van der Waals surface area contributed by atoms with E-state index in [9.17, 15) is 9.59 Å². The van der Waals surface area contributed by atoms with Crippen LogP contribution >= 0.6 is 0 Å². The lowest BCUT2D eigenvalue weighted by Gasteiger charge is -2.30. The van der Waals surface area contributed by atoms with Gasteiger partial charge in [0.15, 0.2) is 0 Å². The fraction of sp³-hybridized carbons (Fsp3) is 0.529. The van der Waals surface area contributed by atoms with E-state index in [0.29, 0.717) is 0 Å². The summed E-state index contributed by atoms with van der Waals surface area (Å²) in [5.74, 6) is -0.442. The van der Waals surface area contributed by atoms with Crippen LogP contribution < -0.4 is 15.5 Å². The van der Waals surface area contributed by atoms with Crippen molar-refractivity contribution in [3.8, 4) is 0 Å². The van der Waals surface area contributed by atoms with Crippen LogP contribution in [0.4, 0.5) is 4.79 Å². The van der Waals surface area contributed by atoms with Crippen molar-refractivity contribution in [3.63, 3.8) is 0 Å². The monoisotopic (exact) mass is 320 g/mol. The Morgan fingerprint density at radius 1 is 1.26 bits per heavy atom. The van der Waals surface area contributed by atoms with E-state index >= 15 is 0 Å². The Bertz CT molecular complexity index is 513. The number of amides is 2. The number of esters is 1. The van der Waals surface area contributed by atoms with Gasteiger partial charge in [-0.1, -0.05) is 30.3 Å². The number of quaternary nitrogens is 1. The summed E-state index contributed by atoms with van der Waals surface area (Å²) in [5.41, 5.74) is 1.35. The summed E-state index contributed by atoms with van der Waals surface area (Å²) in [4.78, 5) is 24.7. The molecule has 0 aromatic heterocycles. The average molecular weight is 320 g/mol. The highest BCUT2D eigenvalue weighted by Gasteiger charge is 2.24. The molecule has 0 bridgehead atoms. The first-order chi connectivity index (χ1) is 11.1. The van der Waals surface area contributed by atoms with Gasteiger partial charge in [-0.3, -0.25) is 0 Å². The number of piperidine rings is 1. The molecule has 6 nitrogen and oxygen atoms in total. The summed E-state index contributed by atoms with van der Waals surface area (Å²) < 4.78 is 4.59. The van der Waals surface area contributed by atoms with Gasteiger partial charge in [0.2, 0.25) is 0 Å². The zero-order valence-electron chi connectivity index (χ0n) is 13.8. The van der Waals surface area contributed by atoms with E-state index in [1.807, 2.05) is 6.07 Å². The molecule has 1 aromatic carbocycles. The molecule has 1 saturated heterocycles. The summed E-state index contributed by atoms with van der Waals surface area (Å²) in [6.07, 6.45) is 1.89. The molecule has 1 atom stereocenters. The van der Waals surface area contributed by atoms with Gasteiger partial charge in [0.1, 0.15) is 12.6 Å². The zero-order chi connectivity index (χ0) is 16.7. The van der Waals surface area contributed by atoms with Crippen LogP contribution in [0.1, 0.15) is 25.3 Å². The molecule has 1 fully saturated rings. The first-order valence-electron chi connectivity index (χ1n) is 8.11. The second-order valence-corrected chi connectivity index (χ2v) is 6.05. The second-order valence-electron chi connectivity index (χ2n) is 6.05. The fourth-order valence-corrected chi connectivity index (χ4v) is 2.89. The summed E-state index contributed by atoms with van der Waals surface area (Å²) in [6, 6.07) is 9.69. The van der Waals surface area contributed by atoms with Crippen LogP contribution in [0.3, 0.4) is 0 Å². The number of carbonyl (C=O) groups excluding carboxylic acids is 2. The van der Waals surface area contributed by atoms with Gasteiger partial charge >= 0.3 is 12.0 Å². The third kappa shape index (κ3) is 5.56. The highest BCUT2D eigenvalue weighted by atomic mass is 16.5. The minimum atomic E-state index is -0.635. The molecule has 1 aromatic rings. The number of ether oxygens (including phenoxy) is 1. The molecule has 6 heteroatoms. The van der Waals surface area contributed by atoms with E-state index in [0.717, 1.165) is 32.5 Å². The van der Waals surface area contributed by atoms with E-state index in [2.05, 4.69) is 39.6 Å². The molecule has 23 heavy (non-hydrogen) atoms. The fourth-order valence-electron chi connectivity index (χ4n) is 2.89. The SMILES string of the molecule is COC(=O)[C@H](C)NC(=O)NC1CC[NH+](Cc2ccccc2)CC1. The van der Waals surface area contributed by atoms with Gasteiger partial charge in [0, 0.05) is 24.4 Å². The van der Waals surface area contributed by atoms with Crippen molar-refractivity contribution in [1.29, 1.82) is 0 Å². The number of benzene rings is 1. The van der Waals surface area contributed by atoms with Crippen molar-refractivity contribution in [2.24, 2.45) is 0 Å². The summed E-state index contributed by atoms with van der Waals surface area (Å²) in [7, 11) is 1.31. The van der Waals surface area contributed by atoms with Crippen LogP contribution in [0.15, 0.2) is 30.3 Å². The third-order valence-electron chi connectivity index (χ3n) is 4.23. The topological polar surface area (TPSA) is 71.9 Å². The third-order valence-corrected chi connectivity index (χ3v) is 4.23. The van der Waals surface area contributed by atoms with Crippen LogP contribution in [0, 0.1) is 0 Å². The minimum Gasteiger partial charge on any atom is -0.467 e. The molecule has 1 aliphatic rings. The number of methoxy groups -OCH3 is 1. The lowest BCUT2D eigenvalue weighted by atomic mass is 10.0. The molecule has 0 saturated carbocycles. The van der Waals surface area contributed by atoms with E-state index < -0.39 is 12.0 Å². The van der Waals surface area contributed by atoms with E-state index in [1.165, 1.54) is 17.6 Å². The number of hydrogen-bond donors (Lipinski definition) is 3. The van der Waals surface area contributed by atoms with Gasteiger partial charge in [-0.15, -0.1) is 0 Å². The van der Waals surface area contributed by atoms with Crippen molar-refractivity contribution in [1.82, 2.24) is 10.6 Å². The van der Waals surface area contributed by atoms with Gasteiger partial charge in [-0.2, -0.15) is 0 Å². The highest BCUT2D eigenvalue weighted by molar-refractivity contribution is 5.83. The molecule has 1 aliphatic heterocycles. The largest absolute Gasteiger partial charge is 0.467 e. The minimum absolute atomic E-state index is 0.166. The van der Waals surface area contributed by atoms with E-state index in [1.54, 1.807) is 6.92 Å². The Kier molecular flexibility index (Phi) is 6.40. The molecule has 126 valence electrons. The Hall–Kier alpha value is -2.08. The summed E-state index contributed by atoms with van der Waals surface area (Å²) >= 11 is 0. The number of nitrogens with one attached hydrogen (secondary N) is 3. The Labute approximate surface area is 137 Å². The maximum atomic E-state index is 11.9. The van der Waals surface area contributed by atoms with E-state index in [-0.39, 0.29) is 12.1 Å². The average Bonchev–Trinajstić information content (AvgIpc) is 2.56. The Morgan fingerprint density at radius 3 is 2.52 bits per heavy atom. The van der Waals surface area contributed by atoms with Crippen molar-refractivity contribution in [2.75, 3.05) is 20.2 Å². The summed E-state index contributed by atoms with van der Waals surface area (Å²) in [5, 5.41) is 5.54. The van der Waals surface area contributed by atoms with Crippen molar-refractivity contribution in [2.45, 2.75) is 38.4 Å². The Balaban J connectivity index is 1.70. The lowest BCUT2D eigenvalue weighted by Crippen LogP contribution is -3.12. The van der Waals surface area contributed by atoms with Gasteiger partial charge in [-0.05, 0) is 6.92 Å². The van der Waals surface area contributed by atoms with Gasteiger partial charge in [-0.25, -0.2) is 9.59 Å². The predicted octanol–water partition coefficient (Wildman–Crippen LogP) is 0.0946. The molecule has 3 N–H and O–H groups in total. The maximum Gasteiger partial charge on any atom is 0.328 e. The number of likely N-dealkylation sites (tertiary alicyclic amines) is 1. The molecule has 0 unspecified atom stereocenters. The quantitative estimate of drug-likeness (QED) is 0.674. The van der Waals surface area contributed by atoms with Crippen molar-refractivity contribution in [3.05, 3.63) is 35.9 Å². The first-order valence-corrected chi connectivity index (χ1v) is 8.11. The standard InChI is InChI=1S/C17H25N3O3/c1-13(16(21)23-2)18-17(22)19-15-8-10-20(11-9-15)12-14-6-4-3-5-7-14/h3-7,13,15H,8-12H2,1-2H3,(H2,18,19,22)/p+1/t13-/m0/s1.